The second-order valence-corrected chi connectivity index (χ2v) is 4.14. The Hall–Kier alpha value is -1.05. The lowest BCUT2D eigenvalue weighted by Gasteiger charge is -2.21. The molecule has 2 atom stereocenters. The zero-order valence-electron chi connectivity index (χ0n) is 8.95. The Morgan fingerprint density at radius 3 is 2.93 bits per heavy atom. The third kappa shape index (κ3) is 3.36. The molecule has 0 aromatic heterocycles. The van der Waals surface area contributed by atoms with E-state index in [0.29, 0.717) is 24.0 Å². The number of allylic oxidation sites excluding steroid dienone is 1. The summed E-state index contributed by atoms with van der Waals surface area (Å²) >= 11 is 0. The van der Waals surface area contributed by atoms with Crippen LogP contribution in [0.15, 0.2) is 24.3 Å². The first-order chi connectivity index (χ1) is 6.59. The lowest BCUT2D eigenvalue weighted by Crippen LogP contribution is -2.17. The SMILES string of the molecule is C=C(C)C(=O)OCC1C=CCC(C)C1. The summed E-state index contributed by atoms with van der Waals surface area (Å²) in [6.07, 6.45) is 6.57. The molecule has 0 N–H and O–H groups in total. The van der Waals surface area contributed by atoms with E-state index >= 15 is 0 Å². The fourth-order valence-electron chi connectivity index (χ4n) is 1.62. The summed E-state index contributed by atoms with van der Waals surface area (Å²) in [5.41, 5.74) is 0.470. The predicted molar refractivity (Wildman–Crippen MR) is 56.8 cm³/mol. The van der Waals surface area contributed by atoms with Gasteiger partial charge in [-0.2, -0.15) is 0 Å². The van der Waals surface area contributed by atoms with Gasteiger partial charge in [-0.3, -0.25) is 0 Å². The van der Waals surface area contributed by atoms with E-state index < -0.39 is 0 Å². The summed E-state index contributed by atoms with van der Waals surface area (Å²) in [4.78, 5) is 11.1. The highest BCUT2D eigenvalue weighted by Gasteiger charge is 2.16. The molecular weight excluding hydrogens is 176 g/mol. The fraction of sp³-hybridized carbons (Fsp3) is 0.583. The summed E-state index contributed by atoms with van der Waals surface area (Å²) in [5, 5.41) is 0. The topological polar surface area (TPSA) is 26.3 Å². The molecule has 78 valence electrons. The molecule has 2 nitrogen and oxygen atoms in total. The van der Waals surface area contributed by atoms with Crippen LogP contribution in [0.2, 0.25) is 0 Å². The van der Waals surface area contributed by atoms with Gasteiger partial charge < -0.3 is 4.74 Å². The Bertz CT molecular complexity index is 253. The van der Waals surface area contributed by atoms with Crippen molar-refractivity contribution in [3.63, 3.8) is 0 Å². The lowest BCUT2D eigenvalue weighted by atomic mass is 9.88. The van der Waals surface area contributed by atoms with Gasteiger partial charge in [-0.15, -0.1) is 0 Å². The number of carbonyl (C=O) groups excluding carboxylic acids is 1. The third-order valence-electron chi connectivity index (χ3n) is 2.43. The molecule has 0 spiro atoms. The Balaban J connectivity index is 2.31. The molecule has 0 saturated carbocycles. The first-order valence-electron chi connectivity index (χ1n) is 5.09. The van der Waals surface area contributed by atoms with Gasteiger partial charge in [0.05, 0.1) is 6.61 Å². The highest BCUT2D eigenvalue weighted by Crippen LogP contribution is 2.22. The van der Waals surface area contributed by atoms with Crippen molar-refractivity contribution < 1.29 is 9.53 Å². The van der Waals surface area contributed by atoms with Crippen LogP contribution in [0.3, 0.4) is 0 Å². The molecule has 0 aromatic carbocycles. The monoisotopic (exact) mass is 194 g/mol. The minimum atomic E-state index is -0.281. The van der Waals surface area contributed by atoms with Crippen molar-refractivity contribution in [1.29, 1.82) is 0 Å². The second-order valence-electron chi connectivity index (χ2n) is 4.14. The van der Waals surface area contributed by atoms with Crippen LogP contribution < -0.4 is 0 Å². The molecule has 0 aliphatic heterocycles. The molecule has 0 saturated heterocycles. The van der Waals surface area contributed by atoms with E-state index in [-0.39, 0.29) is 5.97 Å². The Labute approximate surface area is 85.6 Å². The number of hydrogen-bond acceptors (Lipinski definition) is 2. The van der Waals surface area contributed by atoms with Crippen LogP contribution in [0, 0.1) is 11.8 Å². The molecule has 0 heterocycles. The van der Waals surface area contributed by atoms with Crippen LogP contribution in [0.25, 0.3) is 0 Å². The molecule has 0 fully saturated rings. The molecule has 2 heteroatoms. The second kappa shape index (κ2) is 4.99. The minimum absolute atomic E-state index is 0.281. The number of rotatable bonds is 3. The number of hydrogen-bond donors (Lipinski definition) is 0. The van der Waals surface area contributed by atoms with Crippen LogP contribution in [0.1, 0.15) is 26.7 Å². The van der Waals surface area contributed by atoms with Gasteiger partial charge in [0, 0.05) is 11.5 Å². The smallest absolute Gasteiger partial charge is 0.333 e. The van der Waals surface area contributed by atoms with Crippen molar-refractivity contribution in [3.8, 4) is 0 Å². The molecule has 0 bridgehead atoms. The van der Waals surface area contributed by atoms with Crippen LogP contribution in [-0.2, 0) is 9.53 Å². The molecule has 1 aliphatic carbocycles. The van der Waals surface area contributed by atoms with E-state index in [2.05, 4.69) is 25.7 Å². The van der Waals surface area contributed by atoms with Crippen LogP contribution in [0.5, 0.6) is 0 Å². The van der Waals surface area contributed by atoms with Gasteiger partial charge in [-0.05, 0) is 25.7 Å². The van der Waals surface area contributed by atoms with Crippen molar-refractivity contribution in [2.24, 2.45) is 11.8 Å². The molecule has 1 aliphatic rings. The summed E-state index contributed by atoms with van der Waals surface area (Å²) in [5.74, 6) is 0.812. The van der Waals surface area contributed by atoms with E-state index in [9.17, 15) is 4.79 Å². The number of carbonyl (C=O) groups is 1. The summed E-state index contributed by atoms with van der Waals surface area (Å²) in [6.45, 7) is 7.92. The van der Waals surface area contributed by atoms with E-state index in [1.54, 1.807) is 6.92 Å². The Morgan fingerprint density at radius 2 is 2.36 bits per heavy atom. The number of ether oxygens (including phenoxy) is 1. The maximum Gasteiger partial charge on any atom is 0.333 e. The standard InChI is InChI=1S/C12H18O2/c1-9(2)12(13)14-8-11-6-4-5-10(3)7-11/h4,6,10-11H,1,5,7-8H2,2-3H3. The molecular formula is C12H18O2. The van der Waals surface area contributed by atoms with E-state index in [1.165, 1.54) is 0 Å². The van der Waals surface area contributed by atoms with Gasteiger partial charge in [0.15, 0.2) is 0 Å². The first-order valence-corrected chi connectivity index (χ1v) is 5.09. The van der Waals surface area contributed by atoms with E-state index in [0.717, 1.165) is 12.8 Å². The van der Waals surface area contributed by atoms with E-state index in [1.807, 2.05) is 0 Å². The van der Waals surface area contributed by atoms with Crippen molar-refractivity contribution >= 4 is 5.97 Å². The predicted octanol–water partition coefficient (Wildman–Crippen LogP) is 2.71. The van der Waals surface area contributed by atoms with Crippen molar-refractivity contribution in [2.75, 3.05) is 6.61 Å². The highest BCUT2D eigenvalue weighted by atomic mass is 16.5. The maximum absolute atomic E-state index is 11.1. The molecule has 0 amide bonds. The van der Waals surface area contributed by atoms with Gasteiger partial charge in [0.1, 0.15) is 0 Å². The Morgan fingerprint density at radius 1 is 1.64 bits per heavy atom. The van der Waals surface area contributed by atoms with Gasteiger partial charge in [-0.1, -0.05) is 25.7 Å². The van der Waals surface area contributed by atoms with Crippen molar-refractivity contribution in [2.45, 2.75) is 26.7 Å². The van der Waals surface area contributed by atoms with Crippen LogP contribution in [-0.4, -0.2) is 12.6 Å². The quantitative estimate of drug-likeness (QED) is 0.392. The van der Waals surface area contributed by atoms with Crippen molar-refractivity contribution in [3.05, 3.63) is 24.3 Å². The van der Waals surface area contributed by atoms with Crippen molar-refractivity contribution in [1.82, 2.24) is 0 Å². The van der Waals surface area contributed by atoms with Gasteiger partial charge >= 0.3 is 5.97 Å². The summed E-state index contributed by atoms with van der Waals surface area (Å²) in [7, 11) is 0. The fourth-order valence-corrected chi connectivity index (χ4v) is 1.62. The van der Waals surface area contributed by atoms with Gasteiger partial charge in [0.25, 0.3) is 0 Å². The van der Waals surface area contributed by atoms with Crippen LogP contribution in [0.4, 0.5) is 0 Å². The maximum atomic E-state index is 11.1. The Kier molecular flexibility index (Phi) is 3.93. The number of esters is 1. The van der Waals surface area contributed by atoms with Crippen LogP contribution >= 0.6 is 0 Å². The highest BCUT2D eigenvalue weighted by molar-refractivity contribution is 5.86. The average molecular weight is 194 g/mol. The normalized spacial score (nSPS) is 25.9. The molecule has 0 aromatic rings. The molecule has 1 rings (SSSR count). The summed E-state index contributed by atoms with van der Waals surface area (Å²) in [6, 6.07) is 0. The third-order valence-corrected chi connectivity index (χ3v) is 2.43. The lowest BCUT2D eigenvalue weighted by molar-refractivity contribution is -0.140. The summed E-state index contributed by atoms with van der Waals surface area (Å²) < 4.78 is 5.10. The molecule has 2 unspecified atom stereocenters. The minimum Gasteiger partial charge on any atom is -0.462 e. The zero-order valence-corrected chi connectivity index (χ0v) is 8.95. The van der Waals surface area contributed by atoms with Gasteiger partial charge in [0.2, 0.25) is 0 Å². The van der Waals surface area contributed by atoms with Gasteiger partial charge in [-0.25, -0.2) is 4.79 Å². The average Bonchev–Trinajstić information content (AvgIpc) is 2.14. The first kappa shape index (κ1) is 11.0. The molecule has 14 heavy (non-hydrogen) atoms. The molecule has 0 radical (unpaired) electrons. The zero-order chi connectivity index (χ0) is 10.6. The largest absolute Gasteiger partial charge is 0.462 e. The van der Waals surface area contributed by atoms with E-state index in [4.69, 9.17) is 4.74 Å².